The van der Waals surface area contributed by atoms with Crippen LogP contribution in [0.15, 0.2) is 24.3 Å². The Morgan fingerprint density at radius 3 is 2.55 bits per heavy atom. The highest BCUT2D eigenvalue weighted by molar-refractivity contribution is 7.99. The Morgan fingerprint density at radius 1 is 1.00 bits per heavy atom. The number of rotatable bonds is 22. The number of amides is 2. The van der Waals surface area contributed by atoms with E-state index < -0.39 is 0 Å². The zero-order valence-corrected chi connectivity index (χ0v) is 23.4. The van der Waals surface area contributed by atoms with Gasteiger partial charge in [-0.2, -0.15) is 0 Å². The zero-order chi connectivity index (χ0) is 27.7. The Kier molecular flexibility index (Phi) is 21.1. The van der Waals surface area contributed by atoms with E-state index in [4.69, 9.17) is 29.4 Å². The summed E-state index contributed by atoms with van der Waals surface area (Å²) in [7, 11) is 0. The van der Waals surface area contributed by atoms with E-state index in [0.717, 1.165) is 6.42 Å². The molecule has 0 aliphatic rings. The van der Waals surface area contributed by atoms with Gasteiger partial charge in [-0.15, -0.1) is 17.7 Å². The molecular formula is C27H43N3O7S. The lowest BCUT2D eigenvalue weighted by Crippen LogP contribution is -2.29. The number of nitrogens with two attached hydrogens (primary N) is 1. The molecule has 1 atom stereocenters. The number of carbonyl (C=O) groups excluding carboxylic acids is 2. The molecule has 0 aromatic heterocycles. The number of thioether (sulfide) groups is 1. The Labute approximate surface area is 231 Å². The van der Waals surface area contributed by atoms with Crippen molar-refractivity contribution in [1.82, 2.24) is 10.6 Å². The van der Waals surface area contributed by atoms with Gasteiger partial charge in [0.2, 0.25) is 5.91 Å². The number of hydrogen-bond donors (Lipinski definition) is 3. The van der Waals surface area contributed by atoms with Crippen LogP contribution in [-0.2, 0) is 23.7 Å². The molecule has 1 aromatic rings. The van der Waals surface area contributed by atoms with Crippen LogP contribution in [0, 0.1) is 11.8 Å². The lowest BCUT2D eigenvalue weighted by atomic mass is 10.2. The molecule has 0 heterocycles. The second-order valence-electron chi connectivity index (χ2n) is 7.86. The maximum absolute atomic E-state index is 12.1. The monoisotopic (exact) mass is 553 g/mol. The maximum Gasteiger partial charge on any atom is 0.251 e. The van der Waals surface area contributed by atoms with Crippen LogP contribution in [0.2, 0.25) is 0 Å². The molecule has 38 heavy (non-hydrogen) atoms. The minimum atomic E-state index is -0.184. The first-order valence-corrected chi connectivity index (χ1v) is 14.2. The Hall–Kier alpha value is -2.33. The fourth-order valence-electron chi connectivity index (χ4n) is 2.91. The first-order chi connectivity index (χ1) is 18.6. The maximum atomic E-state index is 12.1. The molecule has 1 unspecified atom stereocenters. The Bertz CT molecular complexity index is 832. The molecule has 214 valence electrons. The second-order valence-corrected chi connectivity index (χ2v) is 8.85. The molecular weight excluding hydrogens is 510 g/mol. The van der Waals surface area contributed by atoms with Gasteiger partial charge in [-0.3, -0.25) is 9.59 Å². The fourth-order valence-corrected chi connectivity index (χ4v) is 3.35. The summed E-state index contributed by atoms with van der Waals surface area (Å²) >= 11 is 1.53. The number of hydrogen-bond acceptors (Lipinski definition) is 9. The van der Waals surface area contributed by atoms with E-state index in [1.165, 1.54) is 11.8 Å². The van der Waals surface area contributed by atoms with Crippen LogP contribution < -0.4 is 21.1 Å². The number of benzene rings is 1. The standard InChI is InChI=1S/C27H43N3O7S/c1-3-4-5-14-33-16-13-29-25(31)10-7-15-34-17-18-35-19-20-36-26(38-2)22-37-24-9-6-8-23(21-24)27(32)30-12-11-28/h6,8-9,21,26H,3,7,10-20,22,28H2,1-2H3,(H,29,31)(H,30,32). The van der Waals surface area contributed by atoms with Gasteiger partial charge < -0.3 is 40.1 Å². The summed E-state index contributed by atoms with van der Waals surface area (Å²) in [5.41, 5.74) is 5.77. The highest BCUT2D eigenvalue weighted by Gasteiger charge is 2.10. The average molecular weight is 554 g/mol. The van der Waals surface area contributed by atoms with Crippen LogP contribution in [0.4, 0.5) is 0 Å². The molecule has 0 fully saturated rings. The second kappa shape index (κ2) is 23.8. The molecule has 0 saturated carbocycles. The van der Waals surface area contributed by atoms with Gasteiger partial charge >= 0.3 is 0 Å². The van der Waals surface area contributed by atoms with Crippen molar-refractivity contribution < 1.29 is 33.3 Å². The van der Waals surface area contributed by atoms with Crippen molar-refractivity contribution in [3.05, 3.63) is 29.8 Å². The summed E-state index contributed by atoms with van der Waals surface area (Å²) in [5.74, 6) is 6.20. The third-order valence-electron chi connectivity index (χ3n) is 4.82. The van der Waals surface area contributed by atoms with Gasteiger partial charge in [-0.1, -0.05) is 18.9 Å². The van der Waals surface area contributed by atoms with Crippen LogP contribution in [0.25, 0.3) is 0 Å². The normalized spacial score (nSPS) is 11.3. The molecule has 1 rings (SSSR count). The van der Waals surface area contributed by atoms with Gasteiger partial charge in [0.25, 0.3) is 5.91 Å². The summed E-state index contributed by atoms with van der Waals surface area (Å²) in [6.07, 6.45) is 3.81. The van der Waals surface area contributed by atoms with Gasteiger partial charge in [0.1, 0.15) is 24.4 Å². The molecule has 0 bridgehead atoms. The summed E-state index contributed by atoms with van der Waals surface area (Å²) in [4.78, 5) is 23.8. The summed E-state index contributed by atoms with van der Waals surface area (Å²) in [6.45, 7) is 6.73. The molecule has 11 heteroatoms. The molecule has 0 spiro atoms. The van der Waals surface area contributed by atoms with Crippen LogP contribution in [0.5, 0.6) is 5.75 Å². The van der Waals surface area contributed by atoms with Gasteiger partial charge in [-0.05, 0) is 30.9 Å². The summed E-state index contributed by atoms with van der Waals surface area (Å²) < 4.78 is 27.9. The van der Waals surface area contributed by atoms with Crippen molar-refractivity contribution in [3.63, 3.8) is 0 Å². The average Bonchev–Trinajstić information content (AvgIpc) is 2.93. The number of carbonyl (C=O) groups is 2. The van der Waals surface area contributed by atoms with Crippen molar-refractivity contribution >= 4 is 23.6 Å². The van der Waals surface area contributed by atoms with Gasteiger partial charge in [0.15, 0.2) is 0 Å². The molecule has 0 saturated heterocycles. The molecule has 0 radical (unpaired) electrons. The van der Waals surface area contributed by atoms with Crippen molar-refractivity contribution in [2.75, 3.05) is 78.7 Å². The highest BCUT2D eigenvalue weighted by atomic mass is 32.2. The molecule has 10 nitrogen and oxygen atoms in total. The lowest BCUT2D eigenvalue weighted by Gasteiger charge is -2.17. The third kappa shape index (κ3) is 18.0. The minimum absolute atomic E-state index is 0.0155. The minimum Gasteiger partial charge on any atom is -0.490 e. The smallest absolute Gasteiger partial charge is 0.251 e. The molecule has 2 amide bonds. The molecule has 0 aliphatic carbocycles. The summed E-state index contributed by atoms with van der Waals surface area (Å²) in [6, 6.07) is 6.99. The van der Waals surface area contributed by atoms with E-state index in [0.29, 0.717) is 96.6 Å². The topological polar surface area (TPSA) is 130 Å². The van der Waals surface area contributed by atoms with E-state index in [-0.39, 0.29) is 17.3 Å². The Morgan fingerprint density at radius 2 is 1.79 bits per heavy atom. The van der Waals surface area contributed by atoms with Crippen molar-refractivity contribution in [1.29, 1.82) is 0 Å². The van der Waals surface area contributed by atoms with Crippen molar-refractivity contribution in [3.8, 4) is 17.6 Å². The molecule has 4 N–H and O–H groups in total. The number of nitrogens with one attached hydrogen (secondary N) is 2. The first-order valence-electron chi connectivity index (χ1n) is 12.9. The van der Waals surface area contributed by atoms with E-state index in [2.05, 4.69) is 22.5 Å². The predicted octanol–water partition coefficient (Wildman–Crippen LogP) is 1.82. The van der Waals surface area contributed by atoms with Crippen molar-refractivity contribution in [2.24, 2.45) is 5.73 Å². The lowest BCUT2D eigenvalue weighted by molar-refractivity contribution is -0.121. The van der Waals surface area contributed by atoms with E-state index in [1.807, 2.05) is 13.2 Å². The van der Waals surface area contributed by atoms with Crippen LogP contribution in [0.3, 0.4) is 0 Å². The van der Waals surface area contributed by atoms with Crippen LogP contribution in [0.1, 0.15) is 36.5 Å². The SMILES string of the molecule is CCC#CCOCCNC(=O)CCCOCCOCCOC(COc1cccc(C(=O)NCCN)c1)SC. The van der Waals surface area contributed by atoms with E-state index in [1.54, 1.807) is 24.3 Å². The van der Waals surface area contributed by atoms with Gasteiger partial charge in [0, 0.05) is 44.6 Å². The quantitative estimate of drug-likeness (QED) is 0.112. The highest BCUT2D eigenvalue weighted by Crippen LogP contribution is 2.16. The van der Waals surface area contributed by atoms with E-state index in [9.17, 15) is 9.59 Å². The van der Waals surface area contributed by atoms with Crippen molar-refractivity contribution in [2.45, 2.75) is 31.6 Å². The van der Waals surface area contributed by atoms with Gasteiger partial charge in [0.05, 0.1) is 33.0 Å². The Balaban J connectivity index is 2.01. The van der Waals surface area contributed by atoms with Crippen LogP contribution >= 0.6 is 11.8 Å². The van der Waals surface area contributed by atoms with E-state index >= 15 is 0 Å². The molecule has 0 aliphatic heterocycles. The summed E-state index contributed by atoms with van der Waals surface area (Å²) in [5, 5.41) is 5.54. The van der Waals surface area contributed by atoms with Crippen LogP contribution in [-0.4, -0.2) is 96.0 Å². The van der Waals surface area contributed by atoms with Gasteiger partial charge in [-0.25, -0.2) is 0 Å². The first kappa shape index (κ1) is 33.7. The number of ether oxygens (including phenoxy) is 5. The zero-order valence-electron chi connectivity index (χ0n) is 22.6. The predicted molar refractivity (Wildman–Crippen MR) is 149 cm³/mol. The third-order valence-corrected chi connectivity index (χ3v) is 5.61. The molecule has 1 aromatic carbocycles. The fraction of sp³-hybridized carbons (Fsp3) is 0.630. The largest absolute Gasteiger partial charge is 0.490 e.